The van der Waals surface area contributed by atoms with Crippen molar-refractivity contribution in [3.8, 4) is 5.75 Å². The third-order valence-corrected chi connectivity index (χ3v) is 6.48. The first-order chi connectivity index (χ1) is 18.1. The van der Waals surface area contributed by atoms with Crippen molar-refractivity contribution < 1.29 is 23.8 Å². The highest BCUT2D eigenvalue weighted by molar-refractivity contribution is 8.18. The summed E-state index contributed by atoms with van der Waals surface area (Å²) in [5, 5.41) is 0.630. The summed E-state index contributed by atoms with van der Waals surface area (Å²) < 4.78 is 16.2. The maximum atomic E-state index is 13.2. The molecule has 3 aromatic rings. The number of amidine groups is 1. The Labute approximate surface area is 220 Å². The zero-order chi connectivity index (χ0) is 26.0. The van der Waals surface area contributed by atoms with E-state index in [0.29, 0.717) is 47.8 Å². The Morgan fingerprint density at radius 3 is 2.54 bits per heavy atom. The molecule has 0 bridgehead atoms. The van der Waals surface area contributed by atoms with Gasteiger partial charge >= 0.3 is 5.97 Å². The molecule has 4 rings (SSSR count). The molecule has 0 aliphatic carbocycles. The number of hydrogen-bond acceptors (Lipinski definition) is 7. The number of amides is 1. The van der Waals surface area contributed by atoms with Crippen LogP contribution in [0.3, 0.4) is 0 Å². The smallest absolute Gasteiger partial charge is 0.337 e. The Balaban J connectivity index is 1.48. The molecule has 3 aromatic carbocycles. The number of carbonyl (C=O) groups excluding carboxylic acids is 2. The molecule has 7 nitrogen and oxygen atoms in total. The van der Waals surface area contributed by atoms with Gasteiger partial charge in [-0.1, -0.05) is 42.5 Å². The van der Waals surface area contributed by atoms with Crippen LogP contribution >= 0.6 is 11.8 Å². The summed E-state index contributed by atoms with van der Waals surface area (Å²) in [6.45, 7) is 3.73. The summed E-state index contributed by atoms with van der Waals surface area (Å²) in [5.41, 5.74) is 3.05. The van der Waals surface area contributed by atoms with Gasteiger partial charge in [-0.2, -0.15) is 0 Å². The Kier molecular flexibility index (Phi) is 9.13. The van der Waals surface area contributed by atoms with Crippen LogP contribution in [0.5, 0.6) is 5.75 Å². The highest BCUT2D eigenvalue weighted by atomic mass is 32.2. The van der Waals surface area contributed by atoms with Gasteiger partial charge in [0, 0.05) is 6.61 Å². The van der Waals surface area contributed by atoms with Gasteiger partial charge in [-0.15, -0.1) is 0 Å². The molecule has 37 heavy (non-hydrogen) atoms. The Morgan fingerprint density at radius 1 is 1.03 bits per heavy atom. The van der Waals surface area contributed by atoms with Gasteiger partial charge in [0.2, 0.25) is 0 Å². The largest absolute Gasteiger partial charge is 0.489 e. The van der Waals surface area contributed by atoms with Crippen LogP contribution < -0.4 is 4.74 Å². The summed E-state index contributed by atoms with van der Waals surface area (Å²) in [4.78, 5) is 31.8. The third kappa shape index (κ3) is 7.09. The predicted molar refractivity (Wildman–Crippen MR) is 146 cm³/mol. The lowest BCUT2D eigenvalue weighted by atomic mass is 10.1. The van der Waals surface area contributed by atoms with Gasteiger partial charge in [-0.25, -0.2) is 9.79 Å². The molecule has 0 atom stereocenters. The van der Waals surface area contributed by atoms with E-state index in [1.54, 1.807) is 17.0 Å². The Morgan fingerprint density at radius 2 is 1.81 bits per heavy atom. The fourth-order valence-electron chi connectivity index (χ4n) is 3.57. The van der Waals surface area contributed by atoms with Crippen molar-refractivity contribution in [2.45, 2.75) is 13.5 Å². The van der Waals surface area contributed by atoms with Gasteiger partial charge in [-0.05, 0) is 72.3 Å². The van der Waals surface area contributed by atoms with E-state index in [1.165, 1.54) is 18.9 Å². The van der Waals surface area contributed by atoms with E-state index in [2.05, 4.69) is 0 Å². The first-order valence-corrected chi connectivity index (χ1v) is 12.7. The lowest BCUT2D eigenvalue weighted by Gasteiger charge is -2.15. The monoisotopic (exact) mass is 516 g/mol. The molecule has 1 fully saturated rings. The number of hydrogen-bond donors (Lipinski definition) is 0. The molecular weight excluding hydrogens is 488 g/mol. The minimum Gasteiger partial charge on any atom is -0.489 e. The van der Waals surface area contributed by atoms with Gasteiger partial charge in [0.1, 0.15) is 12.4 Å². The van der Waals surface area contributed by atoms with E-state index in [4.69, 9.17) is 19.2 Å². The second-order valence-corrected chi connectivity index (χ2v) is 9.05. The molecular formula is C29H28N2O5S. The molecule has 8 heteroatoms. The molecule has 1 amide bonds. The van der Waals surface area contributed by atoms with Crippen molar-refractivity contribution in [2.75, 3.05) is 26.9 Å². The number of thioether (sulfide) groups is 1. The molecule has 1 saturated heterocycles. The minimum absolute atomic E-state index is 0.101. The molecule has 1 aliphatic rings. The normalized spacial score (nSPS) is 15.4. The van der Waals surface area contributed by atoms with E-state index in [0.717, 1.165) is 16.8 Å². The number of rotatable bonds is 10. The van der Waals surface area contributed by atoms with Gasteiger partial charge in [-0.3, -0.25) is 9.69 Å². The van der Waals surface area contributed by atoms with Crippen molar-refractivity contribution in [3.05, 3.63) is 100 Å². The number of benzene rings is 3. The van der Waals surface area contributed by atoms with Crippen LogP contribution in [0, 0.1) is 0 Å². The van der Waals surface area contributed by atoms with Gasteiger partial charge in [0.15, 0.2) is 5.17 Å². The van der Waals surface area contributed by atoms with Gasteiger partial charge in [0.25, 0.3) is 5.91 Å². The molecule has 190 valence electrons. The summed E-state index contributed by atoms with van der Waals surface area (Å²) in [6, 6.07) is 24.2. The van der Waals surface area contributed by atoms with Crippen LogP contribution in [-0.2, 0) is 20.9 Å². The standard InChI is InChI=1S/C29H28N2O5S/c1-3-35-17-16-31-27(32)26(37-29(31)30-24-9-5-4-6-10-24)19-22-8-7-11-25(18-22)36-20-21-12-14-23(15-13-21)28(33)34-2/h4-15,18-19H,3,16-17,20H2,1-2H3. The molecule has 0 saturated carbocycles. The van der Waals surface area contributed by atoms with E-state index in [-0.39, 0.29) is 11.9 Å². The van der Waals surface area contributed by atoms with Gasteiger partial charge < -0.3 is 14.2 Å². The van der Waals surface area contributed by atoms with Crippen molar-refractivity contribution in [3.63, 3.8) is 0 Å². The summed E-state index contributed by atoms with van der Waals surface area (Å²) >= 11 is 1.35. The van der Waals surface area contributed by atoms with E-state index >= 15 is 0 Å². The quantitative estimate of drug-likeness (QED) is 0.196. The van der Waals surface area contributed by atoms with Crippen molar-refractivity contribution in [1.29, 1.82) is 0 Å². The molecule has 1 aliphatic heterocycles. The highest BCUT2D eigenvalue weighted by Crippen LogP contribution is 2.34. The maximum absolute atomic E-state index is 13.2. The Bertz CT molecular complexity index is 1290. The van der Waals surface area contributed by atoms with E-state index in [9.17, 15) is 9.59 Å². The molecule has 1 heterocycles. The van der Waals surface area contributed by atoms with Crippen LogP contribution in [-0.4, -0.2) is 48.8 Å². The minimum atomic E-state index is -0.374. The lowest BCUT2D eigenvalue weighted by Crippen LogP contribution is -2.32. The topological polar surface area (TPSA) is 77.4 Å². The predicted octanol–water partition coefficient (Wildman–Crippen LogP) is 5.69. The van der Waals surface area contributed by atoms with E-state index < -0.39 is 0 Å². The van der Waals surface area contributed by atoms with Crippen LogP contribution in [0.15, 0.2) is 88.8 Å². The SMILES string of the molecule is CCOCCN1C(=O)C(=Cc2cccc(OCc3ccc(C(=O)OC)cc3)c2)SC1=Nc1ccccc1. The second-order valence-electron chi connectivity index (χ2n) is 8.04. The first-order valence-electron chi connectivity index (χ1n) is 11.9. The number of nitrogens with zero attached hydrogens (tertiary/aromatic N) is 2. The molecule has 0 aromatic heterocycles. The van der Waals surface area contributed by atoms with Crippen LogP contribution in [0.1, 0.15) is 28.4 Å². The second kappa shape index (κ2) is 12.9. The van der Waals surface area contributed by atoms with Crippen LogP contribution in [0.2, 0.25) is 0 Å². The number of para-hydroxylation sites is 1. The van der Waals surface area contributed by atoms with Crippen LogP contribution in [0.4, 0.5) is 5.69 Å². The summed E-state index contributed by atoms with van der Waals surface area (Å²) in [7, 11) is 1.36. The summed E-state index contributed by atoms with van der Waals surface area (Å²) in [5.74, 6) is 0.200. The number of methoxy groups -OCH3 is 1. The number of esters is 1. The fourth-order valence-corrected chi connectivity index (χ4v) is 4.59. The van der Waals surface area contributed by atoms with Crippen LogP contribution in [0.25, 0.3) is 6.08 Å². The average Bonchev–Trinajstić information content (AvgIpc) is 3.21. The van der Waals surface area contributed by atoms with Gasteiger partial charge in [0.05, 0.1) is 36.4 Å². The molecule has 0 N–H and O–H groups in total. The number of ether oxygens (including phenoxy) is 3. The number of carbonyl (C=O) groups is 2. The zero-order valence-electron chi connectivity index (χ0n) is 20.8. The van der Waals surface area contributed by atoms with Crippen molar-refractivity contribution in [2.24, 2.45) is 4.99 Å². The Hall–Kier alpha value is -3.88. The fraction of sp³-hybridized carbons (Fsp3) is 0.207. The first kappa shape index (κ1) is 26.2. The maximum Gasteiger partial charge on any atom is 0.337 e. The van der Waals surface area contributed by atoms with E-state index in [1.807, 2.05) is 79.7 Å². The zero-order valence-corrected chi connectivity index (χ0v) is 21.6. The average molecular weight is 517 g/mol. The van der Waals surface area contributed by atoms with Crippen molar-refractivity contribution >= 4 is 40.6 Å². The summed E-state index contributed by atoms with van der Waals surface area (Å²) in [6.07, 6.45) is 1.85. The lowest BCUT2D eigenvalue weighted by molar-refractivity contribution is -0.122. The third-order valence-electron chi connectivity index (χ3n) is 5.47. The molecule has 0 unspecified atom stereocenters. The molecule has 0 spiro atoms. The highest BCUT2D eigenvalue weighted by Gasteiger charge is 2.33. The van der Waals surface area contributed by atoms with Crippen molar-refractivity contribution in [1.82, 2.24) is 4.90 Å². The number of aliphatic imine (C=N–C) groups is 1. The molecule has 0 radical (unpaired) electrons.